The zero-order chi connectivity index (χ0) is 23.7. The molecule has 0 aliphatic heterocycles. The van der Waals surface area contributed by atoms with Crippen LogP contribution in [0.2, 0.25) is 0 Å². The van der Waals surface area contributed by atoms with Gasteiger partial charge in [0.2, 0.25) is 7.37 Å². The maximum Gasteiger partial charge on any atom is 0.339 e. The lowest BCUT2D eigenvalue weighted by molar-refractivity contribution is -0.139. The quantitative estimate of drug-likeness (QED) is 0.174. The number of aromatic nitrogens is 2. The van der Waals surface area contributed by atoms with Crippen molar-refractivity contribution in [2.45, 2.75) is 57.9 Å². The van der Waals surface area contributed by atoms with Crippen LogP contribution in [0, 0.1) is 0 Å². The van der Waals surface area contributed by atoms with Crippen molar-refractivity contribution in [3.05, 3.63) is 41.5 Å². The first kappa shape index (κ1) is 27.5. The molecule has 176 valence electrons. The molecule has 1 aromatic rings. The highest BCUT2D eigenvalue weighted by molar-refractivity contribution is 7.74. The predicted molar refractivity (Wildman–Crippen MR) is 119 cm³/mol. The lowest BCUT2D eigenvalue weighted by Crippen LogP contribution is -2.42. The second-order valence-corrected chi connectivity index (χ2v) is 12.6. The number of nitrogens with one attached hydrogen (secondary N) is 2. The van der Waals surface area contributed by atoms with Gasteiger partial charge in [0.05, 0.1) is 6.33 Å². The van der Waals surface area contributed by atoms with Gasteiger partial charge in [-0.1, -0.05) is 23.3 Å². The summed E-state index contributed by atoms with van der Waals surface area (Å²) in [5.41, 5.74) is 2.74. The molecule has 6 N–H and O–H groups in total. The van der Waals surface area contributed by atoms with Crippen molar-refractivity contribution in [1.82, 2.24) is 15.3 Å². The Bertz CT molecular complexity index is 858. The molecule has 1 rings (SSSR count). The monoisotopic (exact) mass is 477 g/mol. The summed E-state index contributed by atoms with van der Waals surface area (Å²) in [5.74, 6) is -1.25. The number of carboxylic acid groups (broad SMARTS) is 1. The lowest BCUT2D eigenvalue weighted by atomic mass is 10.1. The normalized spacial score (nSPS) is 16.4. The summed E-state index contributed by atoms with van der Waals surface area (Å²) in [6.45, 7) is 5.30. The number of aromatic amines is 1. The van der Waals surface area contributed by atoms with Gasteiger partial charge in [-0.25, -0.2) is 4.98 Å². The Balaban J connectivity index is 2.78. The Labute approximate surface area is 182 Å². The fourth-order valence-corrected chi connectivity index (χ4v) is 6.70. The molecule has 0 aliphatic rings. The summed E-state index contributed by atoms with van der Waals surface area (Å²) in [5, 5.41) is 9.99. The minimum Gasteiger partial charge on any atom is -0.480 e. The first-order chi connectivity index (χ1) is 14.3. The van der Waals surface area contributed by atoms with E-state index in [0.29, 0.717) is 5.69 Å². The maximum absolute atomic E-state index is 12.8. The number of nitrogens with zero attached hydrogens (tertiary/aromatic N) is 1. The van der Waals surface area contributed by atoms with Crippen molar-refractivity contribution < 1.29 is 33.7 Å². The summed E-state index contributed by atoms with van der Waals surface area (Å²) in [6, 6.07) is -1.20. The number of hydrogen-bond donors (Lipinski definition) is 6. The van der Waals surface area contributed by atoms with E-state index in [1.807, 2.05) is 20.8 Å². The van der Waals surface area contributed by atoms with E-state index in [9.17, 15) is 33.7 Å². The van der Waals surface area contributed by atoms with Gasteiger partial charge in [-0.05, 0) is 40.0 Å². The smallest absolute Gasteiger partial charge is 0.339 e. The zero-order valence-corrected chi connectivity index (χ0v) is 19.9. The lowest BCUT2D eigenvalue weighted by Gasteiger charge is -2.25. The molecule has 12 heteroatoms. The van der Waals surface area contributed by atoms with E-state index in [2.05, 4.69) is 21.4 Å². The third-order valence-corrected chi connectivity index (χ3v) is 9.67. The van der Waals surface area contributed by atoms with E-state index in [-0.39, 0.29) is 19.0 Å². The van der Waals surface area contributed by atoms with E-state index in [4.69, 9.17) is 0 Å². The number of carboxylic acids is 1. The fraction of sp³-hybridized carbons (Fsp3) is 0.579. The largest absolute Gasteiger partial charge is 0.480 e. The highest BCUT2D eigenvalue weighted by Gasteiger charge is 2.43. The highest BCUT2D eigenvalue weighted by atomic mass is 31.2. The van der Waals surface area contributed by atoms with Crippen LogP contribution in [-0.4, -0.2) is 59.9 Å². The minimum absolute atomic E-state index is 0.0213. The van der Waals surface area contributed by atoms with Crippen molar-refractivity contribution in [3.8, 4) is 0 Å². The van der Waals surface area contributed by atoms with Gasteiger partial charge in [0, 0.05) is 31.0 Å². The third-order valence-electron chi connectivity index (χ3n) is 4.71. The number of imidazole rings is 1. The summed E-state index contributed by atoms with van der Waals surface area (Å²) in [4.78, 5) is 47.7. The van der Waals surface area contributed by atoms with Crippen LogP contribution in [0.1, 0.15) is 45.7 Å². The standard InChI is InChI=1S/C19H33N3O7P2/c1-14(2)6-4-7-15(3)8-5-9-30(25,26)18(31(27,28)29)12-21-17(19(23)24)10-16-11-20-13-22-16/h6,8,11,13,17-18,21H,4-5,7,9-10,12H2,1-3H3,(H,20,22)(H,23,24)(H,25,26)(H2,27,28,29)/b15-8+/t17-,18?/m0/s1. The first-order valence-corrected chi connectivity index (χ1v) is 13.5. The molecule has 0 aromatic carbocycles. The van der Waals surface area contributed by atoms with Gasteiger partial charge in [0.15, 0.2) is 0 Å². The number of aliphatic carboxylic acids is 1. The molecule has 3 atom stereocenters. The van der Waals surface area contributed by atoms with Crippen LogP contribution in [0.25, 0.3) is 0 Å². The van der Waals surface area contributed by atoms with Crippen LogP contribution in [0.15, 0.2) is 35.8 Å². The zero-order valence-electron chi connectivity index (χ0n) is 18.1. The van der Waals surface area contributed by atoms with E-state index < -0.39 is 38.9 Å². The molecule has 10 nitrogen and oxygen atoms in total. The maximum atomic E-state index is 12.8. The molecule has 0 aliphatic carbocycles. The molecular weight excluding hydrogens is 444 g/mol. The molecule has 0 bridgehead atoms. The minimum atomic E-state index is -4.96. The third kappa shape index (κ3) is 10.5. The Kier molecular flexibility index (Phi) is 11.1. The Morgan fingerprint density at radius 2 is 1.87 bits per heavy atom. The van der Waals surface area contributed by atoms with Gasteiger partial charge in [-0.2, -0.15) is 0 Å². The van der Waals surface area contributed by atoms with Crippen LogP contribution in [0.3, 0.4) is 0 Å². The molecule has 1 heterocycles. The van der Waals surface area contributed by atoms with Crippen LogP contribution in [0.4, 0.5) is 0 Å². The first-order valence-electron chi connectivity index (χ1n) is 9.92. The number of hydrogen-bond acceptors (Lipinski definition) is 5. The van der Waals surface area contributed by atoms with Crippen LogP contribution < -0.4 is 5.32 Å². The van der Waals surface area contributed by atoms with E-state index in [0.717, 1.165) is 18.4 Å². The molecule has 31 heavy (non-hydrogen) atoms. The summed E-state index contributed by atoms with van der Waals surface area (Å²) in [6.07, 6.45) is 8.21. The fourth-order valence-electron chi connectivity index (χ4n) is 2.94. The number of H-pyrrole nitrogens is 1. The summed E-state index contributed by atoms with van der Waals surface area (Å²) >= 11 is 0. The molecular formula is C19H33N3O7P2. The number of carbonyl (C=O) groups is 1. The second kappa shape index (κ2) is 12.5. The van der Waals surface area contributed by atoms with Crippen molar-refractivity contribution in [1.29, 1.82) is 0 Å². The second-order valence-electron chi connectivity index (χ2n) is 7.79. The van der Waals surface area contributed by atoms with E-state index >= 15 is 0 Å². The molecule has 0 spiro atoms. The van der Waals surface area contributed by atoms with Crippen molar-refractivity contribution >= 4 is 20.9 Å². The Morgan fingerprint density at radius 1 is 1.19 bits per heavy atom. The average molecular weight is 477 g/mol. The predicted octanol–water partition coefficient (Wildman–Crippen LogP) is 2.85. The van der Waals surface area contributed by atoms with Gasteiger partial charge < -0.3 is 30.1 Å². The average Bonchev–Trinajstić information content (AvgIpc) is 3.12. The molecule has 0 saturated heterocycles. The van der Waals surface area contributed by atoms with Gasteiger partial charge >= 0.3 is 13.6 Å². The molecule has 1 aromatic heterocycles. The van der Waals surface area contributed by atoms with Gasteiger partial charge in [0.25, 0.3) is 0 Å². The Hall–Kier alpha value is -1.54. The highest BCUT2D eigenvalue weighted by Crippen LogP contribution is 2.62. The summed E-state index contributed by atoms with van der Waals surface area (Å²) in [7, 11) is -9.24. The van der Waals surface area contributed by atoms with Crippen molar-refractivity contribution in [2.75, 3.05) is 12.7 Å². The molecule has 0 amide bonds. The van der Waals surface area contributed by atoms with Crippen LogP contribution in [0.5, 0.6) is 0 Å². The van der Waals surface area contributed by atoms with Gasteiger partial charge in [-0.3, -0.25) is 13.9 Å². The van der Waals surface area contributed by atoms with Crippen molar-refractivity contribution in [2.24, 2.45) is 0 Å². The van der Waals surface area contributed by atoms with Gasteiger partial charge in [-0.15, -0.1) is 0 Å². The van der Waals surface area contributed by atoms with E-state index in [1.54, 1.807) is 6.08 Å². The van der Waals surface area contributed by atoms with Crippen LogP contribution in [-0.2, 0) is 20.3 Å². The number of allylic oxidation sites excluding steroid dienone is 4. The molecule has 2 unspecified atom stereocenters. The van der Waals surface area contributed by atoms with Crippen molar-refractivity contribution in [3.63, 3.8) is 0 Å². The summed E-state index contributed by atoms with van der Waals surface area (Å²) < 4.78 is 24.7. The number of rotatable bonds is 14. The van der Waals surface area contributed by atoms with Gasteiger partial charge in [0.1, 0.15) is 11.4 Å². The van der Waals surface area contributed by atoms with E-state index in [1.165, 1.54) is 18.1 Å². The molecule has 0 saturated carbocycles. The Morgan fingerprint density at radius 3 is 2.39 bits per heavy atom. The topological polar surface area (TPSA) is 173 Å². The van der Waals surface area contributed by atoms with Crippen LogP contribution >= 0.6 is 15.0 Å². The SMILES string of the molecule is CC(C)=CCC/C(C)=C/CCP(=O)(O)C(CN[C@@H](Cc1cnc[nH]1)C(=O)O)P(=O)(O)O. The molecule has 0 radical (unpaired) electrons. The molecule has 0 fully saturated rings.